The maximum Gasteiger partial charge on any atom is 0.181 e. The number of thiophene rings is 1. The minimum atomic E-state index is -0.455. The van der Waals surface area contributed by atoms with E-state index < -0.39 is 6.61 Å². The van der Waals surface area contributed by atoms with Gasteiger partial charge in [0.2, 0.25) is 0 Å². The molecule has 2 heterocycles. The van der Waals surface area contributed by atoms with Crippen LogP contribution in [0.25, 0.3) is 27.6 Å². The third-order valence-electron chi connectivity index (χ3n) is 5.06. The van der Waals surface area contributed by atoms with Crippen molar-refractivity contribution in [3.8, 4) is 10.6 Å². The first-order valence-electron chi connectivity index (χ1n) is 9.99. The van der Waals surface area contributed by atoms with Crippen LogP contribution in [0.1, 0.15) is 16.7 Å². The summed E-state index contributed by atoms with van der Waals surface area (Å²) in [5.74, 6) is -0.292. The number of ketones is 1. The van der Waals surface area contributed by atoms with Crippen molar-refractivity contribution in [3.63, 3.8) is 0 Å². The Morgan fingerprint density at radius 3 is 2.67 bits per heavy atom. The number of carbonyl (C=O) groups excluding carboxylic acids is 1. The molecule has 30 heavy (non-hydrogen) atoms. The summed E-state index contributed by atoms with van der Waals surface area (Å²) < 4.78 is 0. The third-order valence-corrected chi connectivity index (χ3v) is 5.95. The van der Waals surface area contributed by atoms with Crippen molar-refractivity contribution in [1.29, 1.82) is 0 Å². The standard InChI is InChI=1S/C25H24N2O2S/c28-17-20(29)12-11-18-7-9-19(10-8-18)16-26-14-13-22-21-4-1-2-5-23(21)27-25(22)24-6-3-15-30-24/h1-12,15,26-28H,13-14,16-17H2/b12-11+. The first kappa shape index (κ1) is 20.3. The Kier molecular flexibility index (Phi) is 6.54. The van der Waals surface area contributed by atoms with Crippen LogP contribution in [0.3, 0.4) is 0 Å². The summed E-state index contributed by atoms with van der Waals surface area (Å²) in [7, 11) is 0. The number of fused-ring (bicyclic) bond motifs is 1. The molecule has 0 atom stereocenters. The second-order valence-corrected chi connectivity index (χ2v) is 8.08. The van der Waals surface area contributed by atoms with Crippen LogP contribution in [0.2, 0.25) is 0 Å². The van der Waals surface area contributed by atoms with E-state index in [0.717, 1.165) is 25.1 Å². The van der Waals surface area contributed by atoms with Gasteiger partial charge < -0.3 is 15.4 Å². The Bertz CT molecular complexity index is 1140. The average Bonchev–Trinajstić information content (AvgIpc) is 3.44. The van der Waals surface area contributed by atoms with Gasteiger partial charge in [-0.05, 0) is 53.2 Å². The highest BCUT2D eigenvalue weighted by atomic mass is 32.1. The van der Waals surface area contributed by atoms with Crippen molar-refractivity contribution >= 4 is 34.1 Å². The smallest absolute Gasteiger partial charge is 0.181 e. The van der Waals surface area contributed by atoms with Gasteiger partial charge in [-0.2, -0.15) is 0 Å². The molecule has 0 amide bonds. The van der Waals surface area contributed by atoms with E-state index in [9.17, 15) is 4.79 Å². The molecule has 0 unspecified atom stereocenters. The zero-order chi connectivity index (χ0) is 20.8. The second kappa shape index (κ2) is 9.67. The van der Waals surface area contributed by atoms with Crippen molar-refractivity contribution in [2.45, 2.75) is 13.0 Å². The fraction of sp³-hybridized carbons (Fsp3) is 0.160. The predicted octanol–water partition coefficient (Wildman–Crippen LogP) is 4.80. The number of aromatic amines is 1. The number of H-pyrrole nitrogens is 1. The fourth-order valence-corrected chi connectivity index (χ4v) is 4.28. The number of aliphatic hydroxyl groups is 1. The lowest BCUT2D eigenvalue weighted by molar-refractivity contribution is -0.117. The molecule has 0 aliphatic rings. The van der Waals surface area contributed by atoms with Gasteiger partial charge in [0.25, 0.3) is 0 Å². The van der Waals surface area contributed by atoms with Gasteiger partial charge in [0.15, 0.2) is 5.78 Å². The molecule has 4 rings (SSSR count). The van der Waals surface area contributed by atoms with E-state index in [2.05, 4.69) is 64.2 Å². The minimum absolute atomic E-state index is 0.292. The first-order chi connectivity index (χ1) is 14.7. The summed E-state index contributed by atoms with van der Waals surface area (Å²) in [6.07, 6.45) is 4.07. The van der Waals surface area contributed by atoms with Gasteiger partial charge in [0.05, 0.1) is 10.6 Å². The van der Waals surface area contributed by atoms with Crippen molar-refractivity contribution in [3.05, 3.63) is 88.8 Å². The summed E-state index contributed by atoms with van der Waals surface area (Å²) >= 11 is 1.76. The van der Waals surface area contributed by atoms with Gasteiger partial charge in [-0.15, -0.1) is 11.3 Å². The Morgan fingerprint density at radius 1 is 1.07 bits per heavy atom. The van der Waals surface area contributed by atoms with Crippen LogP contribution < -0.4 is 5.32 Å². The van der Waals surface area contributed by atoms with E-state index in [-0.39, 0.29) is 5.78 Å². The van der Waals surface area contributed by atoms with Crippen molar-refractivity contribution < 1.29 is 9.90 Å². The largest absolute Gasteiger partial charge is 0.388 e. The van der Waals surface area contributed by atoms with E-state index in [1.807, 2.05) is 12.1 Å². The lowest BCUT2D eigenvalue weighted by Gasteiger charge is -2.07. The van der Waals surface area contributed by atoms with Crippen LogP contribution in [0.5, 0.6) is 0 Å². The molecular weight excluding hydrogens is 392 g/mol. The number of nitrogens with one attached hydrogen (secondary N) is 2. The molecule has 3 N–H and O–H groups in total. The SMILES string of the molecule is O=C(/C=C/c1ccc(CNCCc2c(-c3cccs3)[nH]c3ccccc23)cc1)CO. The van der Waals surface area contributed by atoms with E-state index >= 15 is 0 Å². The normalized spacial score (nSPS) is 11.5. The summed E-state index contributed by atoms with van der Waals surface area (Å²) in [5, 5.41) is 15.7. The highest BCUT2D eigenvalue weighted by Gasteiger charge is 2.13. The van der Waals surface area contributed by atoms with Gasteiger partial charge >= 0.3 is 0 Å². The average molecular weight is 417 g/mol. The third kappa shape index (κ3) is 4.76. The molecular formula is C25H24N2O2S. The molecule has 0 bridgehead atoms. The minimum Gasteiger partial charge on any atom is -0.388 e. The molecule has 152 valence electrons. The Labute approximate surface area is 179 Å². The zero-order valence-electron chi connectivity index (χ0n) is 16.6. The lowest BCUT2D eigenvalue weighted by Crippen LogP contribution is -2.16. The number of benzene rings is 2. The summed E-state index contributed by atoms with van der Waals surface area (Å²) in [5.41, 5.74) is 5.90. The van der Waals surface area contributed by atoms with Crippen LogP contribution in [0.4, 0.5) is 0 Å². The predicted molar refractivity (Wildman–Crippen MR) is 125 cm³/mol. The van der Waals surface area contributed by atoms with Crippen LogP contribution in [-0.4, -0.2) is 29.0 Å². The molecule has 0 fully saturated rings. The number of carbonyl (C=O) groups is 1. The Morgan fingerprint density at radius 2 is 1.90 bits per heavy atom. The molecule has 0 spiro atoms. The van der Waals surface area contributed by atoms with Crippen molar-refractivity contribution in [2.75, 3.05) is 13.2 Å². The molecule has 0 aliphatic heterocycles. The van der Waals surface area contributed by atoms with Crippen LogP contribution in [0, 0.1) is 0 Å². The highest BCUT2D eigenvalue weighted by Crippen LogP contribution is 2.33. The van der Waals surface area contributed by atoms with Gasteiger partial charge in [0, 0.05) is 17.4 Å². The van der Waals surface area contributed by atoms with Crippen LogP contribution in [-0.2, 0) is 17.8 Å². The quantitative estimate of drug-likeness (QED) is 0.271. The number of rotatable bonds is 9. The van der Waals surface area contributed by atoms with Gasteiger partial charge in [-0.25, -0.2) is 0 Å². The maximum atomic E-state index is 11.2. The number of aliphatic hydroxyl groups excluding tert-OH is 1. The van der Waals surface area contributed by atoms with Crippen molar-refractivity contribution in [1.82, 2.24) is 10.3 Å². The maximum absolute atomic E-state index is 11.2. The molecule has 5 heteroatoms. The van der Waals surface area contributed by atoms with E-state index in [0.29, 0.717) is 0 Å². The molecule has 0 saturated carbocycles. The van der Waals surface area contributed by atoms with Crippen LogP contribution in [0.15, 0.2) is 72.1 Å². The summed E-state index contributed by atoms with van der Waals surface area (Å²) in [6.45, 7) is 1.21. The van der Waals surface area contributed by atoms with Gasteiger partial charge in [-0.1, -0.05) is 54.6 Å². The van der Waals surface area contributed by atoms with Gasteiger partial charge in [0.1, 0.15) is 6.61 Å². The van der Waals surface area contributed by atoms with E-state index in [1.54, 1.807) is 17.4 Å². The number of aromatic nitrogens is 1. The summed E-state index contributed by atoms with van der Waals surface area (Å²) in [4.78, 5) is 16.0. The number of hydrogen-bond acceptors (Lipinski definition) is 4. The fourth-order valence-electron chi connectivity index (χ4n) is 3.53. The van der Waals surface area contributed by atoms with E-state index in [1.165, 1.54) is 38.7 Å². The second-order valence-electron chi connectivity index (χ2n) is 7.13. The van der Waals surface area contributed by atoms with E-state index in [4.69, 9.17) is 5.11 Å². The topological polar surface area (TPSA) is 65.1 Å². The lowest BCUT2D eigenvalue weighted by atomic mass is 10.1. The molecule has 2 aromatic carbocycles. The zero-order valence-corrected chi connectivity index (χ0v) is 17.4. The number of para-hydroxylation sites is 1. The molecule has 0 radical (unpaired) electrons. The van der Waals surface area contributed by atoms with Gasteiger partial charge in [-0.3, -0.25) is 4.79 Å². The number of hydrogen-bond donors (Lipinski definition) is 3. The molecule has 2 aromatic heterocycles. The first-order valence-corrected chi connectivity index (χ1v) is 10.9. The monoisotopic (exact) mass is 416 g/mol. The Hall–Kier alpha value is -2.99. The molecule has 4 nitrogen and oxygen atoms in total. The highest BCUT2D eigenvalue weighted by molar-refractivity contribution is 7.13. The molecule has 0 saturated heterocycles. The van der Waals surface area contributed by atoms with Crippen LogP contribution >= 0.6 is 11.3 Å². The molecule has 0 aliphatic carbocycles. The molecule has 4 aromatic rings. The Balaban J connectivity index is 1.38. The van der Waals surface area contributed by atoms with Crippen molar-refractivity contribution in [2.24, 2.45) is 0 Å². The summed E-state index contributed by atoms with van der Waals surface area (Å²) in [6, 6.07) is 20.8.